The summed E-state index contributed by atoms with van der Waals surface area (Å²) in [6.07, 6.45) is 7.03. The molecule has 0 aromatic carbocycles. The van der Waals surface area contributed by atoms with Crippen LogP contribution in [0.3, 0.4) is 0 Å². The molecule has 1 aromatic rings. The van der Waals surface area contributed by atoms with E-state index in [0.717, 1.165) is 30.7 Å². The van der Waals surface area contributed by atoms with Crippen molar-refractivity contribution < 1.29 is 19.1 Å². The van der Waals surface area contributed by atoms with Crippen molar-refractivity contribution in [2.24, 2.45) is 23.2 Å². The predicted octanol–water partition coefficient (Wildman–Crippen LogP) is 4.13. The molecule has 4 fully saturated rings. The van der Waals surface area contributed by atoms with E-state index >= 15 is 0 Å². The maximum absolute atomic E-state index is 12.9. The smallest absolute Gasteiger partial charge is 0.308 e. The second-order valence-corrected chi connectivity index (χ2v) is 10.5. The number of ether oxygens (including phenoxy) is 1. The normalized spacial score (nSPS) is 28.7. The summed E-state index contributed by atoms with van der Waals surface area (Å²) >= 11 is 0. The van der Waals surface area contributed by atoms with Gasteiger partial charge in [0.25, 0.3) is 0 Å². The number of aromatic nitrogens is 1. The first-order valence-corrected chi connectivity index (χ1v) is 11.8. The Morgan fingerprint density at radius 3 is 2.19 bits per heavy atom. The first-order valence-electron chi connectivity index (χ1n) is 11.8. The Bertz CT molecular complexity index is 847. The lowest BCUT2D eigenvalue weighted by molar-refractivity contribution is -0.147. The van der Waals surface area contributed by atoms with Crippen molar-refractivity contribution in [3.63, 3.8) is 0 Å². The van der Waals surface area contributed by atoms with Gasteiger partial charge in [-0.2, -0.15) is 0 Å². The van der Waals surface area contributed by atoms with E-state index in [1.54, 1.807) is 0 Å². The average molecular weight is 429 g/mol. The van der Waals surface area contributed by atoms with Crippen molar-refractivity contribution in [3.05, 3.63) is 23.0 Å². The zero-order valence-electron chi connectivity index (χ0n) is 19.3. The zero-order chi connectivity index (χ0) is 22.3. The Morgan fingerprint density at radius 2 is 1.68 bits per heavy atom. The maximum atomic E-state index is 12.9. The number of hydrogen-bond donors (Lipinski definition) is 1. The van der Waals surface area contributed by atoms with Gasteiger partial charge in [0.2, 0.25) is 11.7 Å². The number of ketones is 1. The minimum Gasteiger partial charge on any atom is -0.457 e. The molecule has 4 aliphatic carbocycles. The second-order valence-electron chi connectivity index (χ2n) is 10.5. The van der Waals surface area contributed by atoms with Gasteiger partial charge in [-0.3, -0.25) is 14.4 Å². The fourth-order valence-corrected chi connectivity index (χ4v) is 7.00. The second kappa shape index (κ2) is 8.44. The molecular formula is C25H36N2O4. The topological polar surface area (TPSA) is 77.4 Å². The monoisotopic (exact) mass is 428 g/mol. The molecule has 4 bridgehead atoms. The van der Waals surface area contributed by atoms with Crippen LogP contribution in [0.2, 0.25) is 0 Å². The van der Waals surface area contributed by atoms with Gasteiger partial charge >= 0.3 is 5.97 Å². The van der Waals surface area contributed by atoms with Crippen LogP contribution in [-0.4, -0.2) is 35.4 Å². The van der Waals surface area contributed by atoms with E-state index in [4.69, 9.17) is 4.74 Å². The van der Waals surface area contributed by atoms with Crippen LogP contribution < -0.4 is 5.32 Å². The molecule has 0 unspecified atom stereocenters. The van der Waals surface area contributed by atoms with Crippen molar-refractivity contribution in [3.8, 4) is 0 Å². The number of aryl methyl sites for hydroxylation is 1. The van der Waals surface area contributed by atoms with E-state index in [1.165, 1.54) is 19.3 Å². The summed E-state index contributed by atoms with van der Waals surface area (Å²) in [4.78, 5) is 37.6. The highest BCUT2D eigenvalue weighted by atomic mass is 16.5. The lowest BCUT2D eigenvalue weighted by atomic mass is 9.49. The van der Waals surface area contributed by atoms with Crippen LogP contribution >= 0.6 is 0 Å². The summed E-state index contributed by atoms with van der Waals surface area (Å²) in [5.74, 6) is 1.63. The summed E-state index contributed by atoms with van der Waals surface area (Å²) < 4.78 is 7.31. The minimum atomic E-state index is -0.447. The van der Waals surface area contributed by atoms with E-state index in [0.29, 0.717) is 23.3 Å². The Balaban J connectivity index is 1.23. The van der Waals surface area contributed by atoms with Gasteiger partial charge in [0.1, 0.15) is 0 Å². The molecule has 0 aliphatic heterocycles. The third-order valence-electron chi connectivity index (χ3n) is 7.80. The average Bonchev–Trinajstić information content (AvgIpc) is 2.99. The Kier molecular flexibility index (Phi) is 6.01. The molecule has 6 nitrogen and oxygen atoms in total. The number of esters is 1. The van der Waals surface area contributed by atoms with Crippen LogP contribution in [0.1, 0.15) is 86.6 Å². The largest absolute Gasteiger partial charge is 0.457 e. The van der Waals surface area contributed by atoms with E-state index in [1.807, 2.05) is 19.9 Å². The highest BCUT2D eigenvalue weighted by Gasteiger charge is 2.54. The van der Waals surface area contributed by atoms with Gasteiger partial charge in [-0.05, 0) is 90.0 Å². The first-order chi connectivity index (χ1) is 14.7. The molecule has 1 amide bonds. The summed E-state index contributed by atoms with van der Waals surface area (Å²) in [5.41, 5.74) is 2.33. The number of rotatable bonds is 8. The van der Waals surface area contributed by atoms with E-state index < -0.39 is 5.97 Å². The van der Waals surface area contributed by atoms with Gasteiger partial charge in [0.05, 0.1) is 6.42 Å². The number of Topliss-reactive ketones (excluding diaryl/α,β-unsaturated/α-hetero) is 1. The van der Waals surface area contributed by atoms with Crippen molar-refractivity contribution >= 4 is 17.7 Å². The predicted molar refractivity (Wildman–Crippen MR) is 118 cm³/mol. The summed E-state index contributed by atoms with van der Waals surface area (Å²) in [5, 5.41) is 2.99. The first kappa shape index (κ1) is 22.1. The minimum absolute atomic E-state index is 0.0937. The molecule has 5 rings (SSSR count). The summed E-state index contributed by atoms with van der Waals surface area (Å²) in [7, 11) is 0. The Labute approximate surface area is 185 Å². The molecule has 4 aliphatic rings. The lowest BCUT2D eigenvalue weighted by Crippen LogP contribution is -2.53. The van der Waals surface area contributed by atoms with Crippen LogP contribution in [-0.2, 0) is 14.3 Å². The highest BCUT2D eigenvalue weighted by Crippen LogP contribution is 2.60. The quantitative estimate of drug-likeness (QED) is 0.499. The molecule has 0 radical (unpaired) electrons. The maximum Gasteiger partial charge on any atom is 0.308 e. The van der Waals surface area contributed by atoms with E-state index in [9.17, 15) is 14.4 Å². The molecule has 0 saturated heterocycles. The highest BCUT2D eigenvalue weighted by molar-refractivity contribution is 5.99. The van der Waals surface area contributed by atoms with Crippen molar-refractivity contribution in [1.82, 2.24) is 9.88 Å². The van der Waals surface area contributed by atoms with Crippen LogP contribution in [0.15, 0.2) is 6.07 Å². The molecule has 4 saturated carbocycles. The molecule has 0 spiro atoms. The number of hydrogen-bond acceptors (Lipinski definition) is 4. The fraction of sp³-hybridized carbons (Fsp3) is 0.720. The Hall–Kier alpha value is -2.11. The molecule has 31 heavy (non-hydrogen) atoms. The van der Waals surface area contributed by atoms with E-state index in [2.05, 4.69) is 23.7 Å². The summed E-state index contributed by atoms with van der Waals surface area (Å²) in [6, 6.07) is 2.12. The van der Waals surface area contributed by atoms with Crippen molar-refractivity contribution in [2.75, 3.05) is 13.2 Å². The van der Waals surface area contributed by atoms with Crippen LogP contribution in [0.25, 0.3) is 0 Å². The van der Waals surface area contributed by atoms with Crippen LogP contribution in [0.4, 0.5) is 0 Å². The van der Waals surface area contributed by atoms with Gasteiger partial charge in [-0.15, -0.1) is 0 Å². The third kappa shape index (κ3) is 4.31. The van der Waals surface area contributed by atoms with Gasteiger partial charge in [0, 0.05) is 35.0 Å². The molecule has 1 heterocycles. The molecule has 6 heteroatoms. The number of amides is 1. The summed E-state index contributed by atoms with van der Waals surface area (Å²) in [6.45, 7) is 8.06. The molecule has 170 valence electrons. The zero-order valence-corrected chi connectivity index (χ0v) is 19.3. The third-order valence-corrected chi connectivity index (χ3v) is 7.80. The van der Waals surface area contributed by atoms with Gasteiger partial charge in [-0.25, -0.2) is 0 Å². The number of nitrogens with zero attached hydrogens (tertiary/aromatic N) is 1. The van der Waals surface area contributed by atoms with Crippen molar-refractivity contribution in [2.45, 2.75) is 78.7 Å². The van der Waals surface area contributed by atoms with Crippen LogP contribution in [0.5, 0.6) is 0 Å². The van der Waals surface area contributed by atoms with Crippen molar-refractivity contribution in [1.29, 1.82) is 0 Å². The van der Waals surface area contributed by atoms with Gasteiger partial charge in [-0.1, -0.05) is 0 Å². The van der Waals surface area contributed by atoms with Crippen LogP contribution in [0, 0.1) is 37.0 Å². The molecular weight excluding hydrogens is 392 g/mol. The number of carbonyl (C=O) groups excluding carboxylic acids is 3. The molecule has 1 aromatic heterocycles. The molecule has 0 atom stereocenters. The standard InChI is InChI=1S/C25H36N2O4/c1-15(2)27-16(3)7-21(17(27)4)22(28)14-31-23(29)5-6-26-24(30)25-11-18-8-19(12-25)10-20(9-18)13-25/h7,15,18-20H,5-6,8-14H2,1-4H3,(H,26,30). The SMILES string of the molecule is Cc1cc(C(=O)COC(=O)CCNC(=O)C23CC4CC(CC(C4)C2)C3)c(C)n1C(C)C. The fourth-order valence-electron chi connectivity index (χ4n) is 7.00. The lowest BCUT2D eigenvalue weighted by Gasteiger charge is -2.55. The number of carbonyl (C=O) groups is 3. The van der Waals surface area contributed by atoms with Gasteiger partial charge < -0.3 is 14.6 Å². The van der Waals surface area contributed by atoms with Gasteiger partial charge in [0.15, 0.2) is 6.61 Å². The number of nitrogens with one attached hydrogen (secondary N) is 1. The van der Waals surface area contributed by atoms with E-state index in [-0.39, 0.29) is 42.7 Å². The molecule has 1 N–H and O–H groups in total. The Morgan fingerprint density at radius 1 is 1.10 bits per heavy atom.